The number of benzene rings is 3. The molecule has 0 aromatic heterocycles. The molecule has 2 aliphatic heterocycles. The van der Waals surface area contributed by atoms with Crippen molar-refractivity contribution in [3.05, 3.63) is 83.2 Å². The van der Waals surface area contributed by atoms with Crippen LogP contribution >= 0.6 is 0 Å². The van der Waals surface area contributed by atoms with E-state index in [0.29, 0.717) is 28.5 Å². The highest BCUT2D eigenvalue weighted by atomic mass is 19.1. The van der Waals surface area contributed by atoms with Crippen LogP contribution < -0.4 is 14.8 Å². The van der Waals surface area contributed by atoms with Crippen LogP contribution in [-0.2, 0) is 11.3 Å². The standard InChI is InChI=1S/C27H26FN3O3/c1-3-31(4-2)15-17-5-9-20(10-6-17)29-26(18-7-12-23-24(13-18)34-16-33-23)25-21-11-8-19(28)14-22(21)30-27(25)32/h5-14,25H,3-4,15-16H2,1-2H3,(H,30,32). The van der Waals surface area contributed by atoms with Gasteiger partial charge in [0, 0.05) is 17.8 Å². The fraction of sp³-hybridized carbons (Fsp3) is 0.259. The number of fused-ring (bicyclic) bond motifs is 2. The van der Waals surface area contributed by atoms with Gasteiger partial charge in [0.25, 0.3) is 0 Å². The van der Waals surface area contributed by atoms with Gasteiger partial charge in [-0.15, -0.1) is 0 Å². The largest absolute Gasteiger partial charge is 0.454 e. The summed E-state index contributed by atoms with van der Waals surface area (Å²) in [6, 6.07) is 17.9. The van der Waals surface area contributed by atoms with E-state index >= 15 is 0 Å². The lowest BCUT2D eigenvalue weighted by Gasteiger charge is -2.18. The average molecular weight is 460 g/mol. The van der Waals surface area contributed by atoms with Gasteiger partial charge in [0.2, 0.25) is 12.7 Å². The van der Waals surface area contributed by atoms with Gasteiger partial charge in [0.05, 0.1) is 11.4 Å². The zero-order valence-electron chi connectivity index (χ0n) is 19.2. The number of nitrogens with zero attached hydrogens (tertiary/aromatic N) is 2. The first-order valence-corrected chi connectivity index (χ1v) is 11.5. The summed E-state index contributed by atoms with van der Waals surface area (Å²) in [5.41, 5.74) is 4.41. The van der Waals surface area contributed by atoms with Crippen molar-refractivity contribution in [2.24, 2.45) is 4.99 Å². The number of aliphatic imine (C=N–C) groups is 1. The van der Waals surface area contributed by atoms with E-state index in [1.165, 1.54) is 17.7 Å². The van der Waals surface area contributed by atoms with Crippen molar-refractivity contribution in [1.29, 1.82) is 0 Å². The van der Waals surface area contributed by atoms with E-state index in [-0.39, 0.29) is 12.7 Å². The van der Waals surface area contributed by atoms with E-state index in [1.54, 1.807) is 6.07 Å². The minimum atomic E-state index is -0.675. The van der Waals surface area contributed by atoms with Crippen molar-refractivity contribution in [2.75, 3.05) is 25.2 Å². The number of anilines is 1. The Morgan fingerprint density at radius 2 is 1.79 bits per heavy atom. The maximum atomic E-state index is 13.8. The molecule has 1 unspecified atom stereocenters. The molecule has 1 amide bonds. The van der Waals surface area contributed by atoms with Crippen LogP contribution in [0.5, 0.6) is 11.5 Å². The molecule has 0 spiro atoms. The molecule has 0 bridgehead atoms. The first kappa shape index (κ1) is 22.1. The van der Waals surface area contributed by atoms with Crippen LogP contribution in [0.15, 0.2) is 65.7 Å². The van der Waals surface area contributed by atoms with Crippen molar-refractivity contribution in [2.45, 2.75) is 26.3 Å². The Labute approximate surface area is 198 Å². The second kappa shape index (κ2) is 9.27. The normalized spacial score (nSPS) is 16.6. The summed E-state index contributed by atoms with van der Waals surface area (Å²) in [6.07, 6.45) is 0. The number of carbonyl (C=O) groups is 1. The van der Waals surface area contributed by atoms with Gasteiger partial charge in [-0.05, 0) is 66.7 Å². The van der Waals surface area contributed by atoms with Gasteiger partial charge in [0.1, 0.15) is 11.7 Å². The van der Waals surface area contributed by atoms with Crippen molar-refractivity contribution in [1.82, 2.24) is 4.90 Å². The van der Waals surface area contributed by atoms with Crippen LogP contribution in [0.4, 0.5) is 15.8 Å². The Kier molecular flexibility index (Phi) is 6.02. The van der Waals surface area contributed by atoms with Crippen LogP contribution in [0.3, 0.4) is 0 Å². The molecule has 3 aromatic carbocycles. The SMILES string of the molecule is CCN(CC)Cc1ccc(N=C(c2ccc3c(c2)OCO3)C2C(=O)Nc3cc(F)ccc32)cc1. The number of nitrogens with one attached hydrogen (secondary N) is 1. The molecule has 0 radical (unpaired) electrons. The summed E-state index contributed by atoms with van der Waals surface area (Å²) in [5.74, 6) is -0.0498. The molecular formula is C27H26FN3O3. The van der Waals surface area contributed by atoms with Gasteiger partial charge in [-0.3, -0.25) is 14.7 Å². The van der Waals surface area contributed by atoms with Gasteiger partial charge in [0.15, 0.2) is 11.5 Å². The van der Waals surface area contributed by atoms with E-state index in [0.717, 1.165) is 30.9 Å². The molecule has 0 aliphatic carbocycles. The van der Waals surface area contributed by atoms with Gasteiger partial charge >= 0.3 is 0 Å². The number of hydrogen-bond donors (Lipinski definition) is 1. The van der Waals surface area contributed by atoms with Crippen molar-refractivity contribution < 1.29 is 18.7 Å². The molecular weight excluding hydrogens is 433 g/mol. The van der Waals surface area contributed by atoms with E-state index in [1.807, 2.05) is 30.3 Å². The molecule has 2 heterocycles. The predicted octanol–water partition coefficient (Wildman–Crippen LogP) is 5.25. The molecule has 174 valence electrons. The Hall–Kier alpha value is -3.71. The van der Waals surface area contributed by atoms with Crippen LogP contribution in [0.25, 0.3) is 0 Å². The van der Waals surface area contributed by atoms with Crippen LogP contribution in [-0.4, -0.2) is 36.4 Å². The molecule has 0 saturated carbocycles. The summed E-state index contributed by atoms with van der Waals surface area (Å²) < 4.78 is 24.8. The second-order valence-electron chi connectivity index (χ2n) is 8.35. The van der Waals surface area contributed by atoms with Crippen molar-refractivity contribution in [3.8, 4) is 11.5 Å². The molecule has 2 aliphatic rings. The lowest BCUT2D eigenvalue weighted by molar-refractivity contribution is -0.115. The Bertz CT molecular complexity index is 1250. The fourth-order valence-corrected chi connectivity index (χ4v) is 4.38. The molecule has 0 saturated heterocycles. The molecule has 7 heteroatoms. The van der Waals surface area contributed by atoms with E-state index in [4.69, 9.17) is 14.5 Å². The Balaban J connectivity index is 1.56. The van der Waals surface area contributed by atoms with Crippen LogP contribution in [0, 0.1) is 5.82 Å². The summed E-state index contributed by atoms with van der Waals surface area (Å²) in [5, 5.41) is 2.80. The third-order valence-corrected chi connectivity index (χ3v) is 6.27. The molecule has 6 nitrogen and oxygen atoms in total. The number of carbonyl (C=O) groups excluding carboxylic acids is 1. The maximum absolute atomic E-state index is 13.8. The molecule has 5 rings (SSSR count). The molecule has 0 fully saturated rings. The fourth-order valence-electron chi connectivity index (χ4n) is 4.38. The highest BCUT2D eigenvalue weighted by molar-refractivity contribution is 6.24. The summed E-state index contributed by atoms with van der Waals surface area (Å²) in [7, 11) is 0. The van der Waals surface area contributed by atoms with E-state index in [9.17, 15) is 9.18 Å². The Morgan fingerprint density at radius 3 is 2.56 bits per heavy atom. The lowest BCUT2D eigenvalue weighted by Crippen LogP contribution is -2.22. The minimum absolute atomic E-state index is 0.158. The van der Waals surface area contributed by atoms with Crippen molar-refractivity contribution in [3.63, 3.8) is 0 Å². The Morgan fingerprint density at radius 1 is 1.03 bits per heavy atom. The van der Waals surface area contributed by atoms with Gasteiger partial charge in [-0.25, -0.2) is 4.39 Å². The monoisotopic (exact) mass is 459 g/mol. The smallest absolute Gasteiger partial charge is 0.238 e. The number of amides is 1. The summed E-state index contributed by atoms with van der Waals surface area (Å²) in [4.78, 5) is 20.3. The molecule has 1 N–H and O–H groups in total. The predicted molar refractivity (Wildman–Crippen MR) is 130 cm³/mol. The van der Waals surface area contributed by atoms with Gasteiger partial charge in [-0.2, -0.15) is 0 Å². The summed E-state index contributed by atoms with van der Waals surface area (Å²) >= 11 is 0. The highest BCUT2D eigenvalue weighted by Gasteiger charge is 2.36. The van der Waals surface area contributed by atoms with E-state index in [2.05, 4.69) is 36.2 Å². The highest BCUT2D eigenvalue weighted by Crippen LogP contribution is 2.39. The lowest BCUT2D eigenvalue weighted by atomic mass is 9.90. The molecule has 34 heavy (non-hydrogen) atoms. The van der Waals surface area contributed by atoms with E-state index < -0.39 is 11.7 Å². The van der Waals surface area contributed by atoms with Crippen LogP contribution in [0.2, 0.25) is 0 Å². The zero-order valence-corrected chi connectivity index (χ0v) is 19.2. The van der Waals surface area contributed by atoms with Crippen molar-refractivity contribution >= 4 is 23.0 Å². The third kappa shape index (κ3) is 4.26. The maximum Gasteiger partial charge on any atom is 0.238 e. The first-order valence-electron chi connectivity index (χ1n) is 11.5. The third-order valence-electron chi connectivity index (χ3n) is 6.27. The summed E-state index contributed by atoms with van der Waals surface area (Å²) in [6.45, 7) is 7.30. The molecule has 3 aromatic rings. The average Bonchev–Trinajstić information content (AvgIpc) is 3.44. The number of hydrogen-bond acceptors (Lipinski definition) is 5. The second-order valence-corrected chi connectivity index (χ2v) is 8.35. The first-order chi connectivity index (χ1) is 16.6. The minimum Gasteiger partial charge on any atom is -0.454 e. The van der Waals surface area contributed by atoms with Gasteiger partial charge < -0.3 is 14.8 Å². The van der Waals surface area contributed by atoms with Gasteiger partial charge in [-0.1, -0.05) is 32.0 Å². The zero-order chi connectivity index (χ0) is 23.7. The van der Waals surface area contributed by atoms with Crippen LogP contribution in [0.1, 0.15) is 36.5 Å². The number of halogens is 1. The topological polar surface area (TPSA) is 63.2 Å². The number of rotatable bonds is 7. The molecule has 1 atom stereocenters. The number of ether oxygens (including phenoxy) is 2. The quantitative estimate of drug-likeness (QED) is 0.490.